The van der Waals surface area contributed by atoms with Gasteiger partial charge in [-0.1, -0.05) is 35.5 Å². The number of benzene rings is 2. The van der Waals surface area contributed by atoms with Gasteiger partial charge in [-0.2, -0.15) is 4.72 Å². The molecule has 0 fully saturated rings. The number of anilines is 1. The van der Waals surface area contributed by atoms with Crippen molar-refractivity contribution in [2.75, 3.05) is 18.5 Å². The molecular weight excluding hydrogens is 422 g/mol. The van der Waals surface area contributed by atoms with Crippen LogP contribution in [-0.2, 0) is 21.2 Å². The van der Waals surface area contributed by atoms with E-state index in [1.165, 1.54) is 18.2 Å². The molecule has 9 nitrogen and oxygen atoms in total. The molecule has 0 saturated carbocycles. The number of hydrogen-bond donors (Lipinski definition) is 2. The molecular formula is C21H21N3O6S. The molecule has 0 saturated heterocycles. The van der Waals surface area contributed by atoms with Crippen LogP contribution >= 0.6 is 0 Å². The van der Waals surface area contributed by atoms with Gasteiger partial charge >= 0.3 is 0 Å². The van der Waals surface area contributed by atoms with Crippen molar-refractivity contribution in [2.24, 2.45) is 0 Å². The first-order valence-electron chi connectivity index (χ1n) is 9.61. The number of ether oxygens (including phenoxy) is 2. The molecule has 0 radical (unpaired) electrons. The van der Waals surface area contributed by atoms with Gasteiger partial charge in [0.1, 0.15) is 25.0 Å². The molecule has 10 heteroatoms. The van der Waals surface area contributed by atoms with E-state index in [0.717, 1.165) is 5.56 Å². The van der Waals surface area contributed by atoms with Crippen molar-refractivity contribution in [3.63, 3.8) is 0 Å². The number of carbonyl (C=O) groups is 1. The number of aromatic nitrogens is 1. The molecule has 0 aliphatic carbocycles. The zero-order chi connectivity index (χ0) is 21.8. The van der Waals surface area contributed by atoms with Crippen LogP contribution < -0.4 is 19.5 Å². The third kappa shape index (κ3) is 5.04. The Hall–Kier alpha value is -3.37. The summed E-state index contributed by atoms with van der Waals surface area (Å²) in [6.07, 6.45) is 0.146. The molecule has 1 amide bonds. The third-order valence-corrected chi connectivity index (χ3v) is 6.07. The van der Waals surface area contributed by atoms with Crippen LogP contribution in [0.2, 0.25) is 0 Å². The van der Waals surface area contributed by atoms with Gasteiger partial charge in [0.15, 0.2) is 17.3 Å². The molecule has 3 aromatic rings. The standard InChI is InChI=1S/C21H21N3O6S/c1-14-11-20(23-30-14)22-21(25)17(12-15-5-3-2-4-6-15)24-31(26,27)16-7-8-18-19(13-16)29-10-9-28-18/h2-8,11,13,17,24H,9-10,12H2,1H3,(H,22,23,25). The van der Waals surface area contributed by atoms with Crippen LogP contribution in [0.5, 0.6) is 11.5 Å². The molecule has 1 aliphatic rings. The number of aryl methyl sites for hydroxylation is 1. The molecule has 31 heavy (non-hydrogen) atoms. The van der Waals surface area contributed by atoms with E-state index in [0.29, 0.717) is 30.5 Å². The molecule has 4 rings (SSSR count). The lowest BCUT2D eigenvalue weighted by molar-refractivity contribution is -0.117. The van der Waals surface area contributed by atoms with E-state index in [-0.39, 0.29) is 17.1 Å². The second kappa shape index (κ2) is 8.78. The number of nitrogens with one attached hydrogen (secondary N) is 2. The maximum Gasteiger partial charge on any atom is 0.244 e. The number of nitrogens with zero attached hydrogens (tertiary/aromatic N) is 1. The van der Waals surface area contributed by atoms with E-state index in [9.17, 15) is 13.2 Å². The summed E-state index contributed by atoms with van der Waals surface area (Å²) >= 11 is 0. The summed E-state index contributed by atoms with van der Waals surface area (Å²) < 4.78 is 44.5. The van der Waals surface area contributed by atoms with E-state index < -0.39 is 22.0 Å². The Bertz CT molecular complexity index is 1180. The topological polar surface area (TPSA) is 120 Å². The average molecular weight is 443 g/mol. The van der Waals surface area contributed by atoms with Crippen molar-refractivity contribution >= 4 is 21.7 Å². The minimum Gasteiger partial charge on any atom is -0.486 e. The van der Waals surface area contributed by atoms with Gasteiger partial charge in [-0.3, -0.25) is 4.79 Å². The number of carbonyl (C=O) groups excluding carboxylic acids is 1. The quantitative estimate of drug-likeness (QED) is 0.575. The smallest absolute Gasteiger partial charge is 0.244 e. The summed E-state index contributed by atoms with van der Waals surface area (Å²) in [5, 5.41) is 6.33. The predicted octanol–water partition coefficient (Wildman–Crippen LogP) is 2.28. The van der Waals surface area contributed by atoms with Gasteiger partial charge in [-0.05, 0) is 31.0 Å². The van der Waals surface area contributed by atoms with E-state index >= 15 is 0 Å². The molecule has 2 N–H and O–H groups in total. The van der Waals surface area contributed by atoms with Crippen LogP contribution in [-0.4, -0.2) is 38.7 Å². The van der Waals surface area contributed by atoms with Gasteiger partial charge in [0, 0.05) is 12.1 Å². The van der Waals surface area contributed by atoms with Crippen molar-refractivity contribution in [1.29, 1.82) is 0 Å². The van der Waals surface area contributed by atoms with Crippen LogP contribution in [0.4, 0.5) is 5.82 Å². The van der Waals surface area contributed by atoms with Crippen molar-refractivity contribution in [3.8, 4) is 11.5 Å². The van der Waals surface area contributed by atoms with E-state index in [1.54, 1.807) is 13.0 Å². The maximum absolute atomic E-state index is 13.1. The van der Waals surface area contributed by atoms with Gasteiger partial charge in [-0.25, -0.2) is 8.42 Å². The van der Waals surface area contributed by atoms with Gasteiger partial charge in [0.05, 0.1) is 4.90 Å². The number of amides is 1. The third-order valence-electron chi connectivity index (χ3n) is 4.60. The van der Waals surface area contributed by atoms with Crippen LogP contribution in [0, 0.1) is 6.92 Å². The second-order valence-corrected chi connectivity index (χ2v) is 8.70. The first kappa shape index (κ1) is 20.9. The normalized spacial score (nSPS) is 14.1. The van der Waals surface area contributed by atoms with Crippen molar-refractivity contribution in [2.45, 2.75) is 24.3 Å². The zero-order valence-electron chi connectivity index (χ0n) is 16.7. The summed E-state index contributed by atoms with van der Waals surface area (Å²) in [5.41, 5.74) is 0.795. The van der Waals surface area contributed by atoms with Gasteiger partial charge in [-0.15, -0.1) is 0 Å². The van der Waals surface area contributed by atoms with Gasteiger partial charge in [0.25, 0.3) is 0 Å². The molecule has 1 atom stereocenters. The molecule has 2 heterocycles. The van der Waals surface area contributed by atoms with Crippen LogP contribution in [0.3, 0.4) is 0 Å². The number of hydrogen-bond acceptors (Lipinski definition) is 7. The predicted molar refractivity (Wildman–Crippen MR) is 112 cm³/mol. The SMILES string of the molecule is Cc1cc(NC(=O)C(Cc2ccccc2)NS(=O)(=O)c2ccc3c(c2)OCCO3)no1. The molecule has 1 aromatic heterocycles. The lowest BCUT2D eigenvalue weighted by Crippen LogP contribution is -2.45. The summed E-state index contributed by atoms with van der Waals surface area (Å²) in [5.74, 6) is 0.991. The van der Waals surface area contributed by atoms with Crippen LogP contribution in [0.25, 0.3) is 0 Å². The van der Waals surface area contributed by atoms with Crippen molar-refractivity contribution in [3.05, 3.63) is 65.9 Å². The first-order valence-corrected chi connectivity index (χ1v) is 11.1. The Labute approximate surface area is 179 Å². The van der Waals surface area contributed by atoms with Crippen molar-refractivity contribution in [1.82, 2.24) is 9.88 Å². The fourth-order valence-electron chi connectivity index (χ4n) is 3.12. The Balaban J connectivity index is 1.58. The largest absolute Gasteiger partial charge is 0.486 e. The minimum atomic E-state index is -4.04. The molecule has 162 valence electrons. The first-order chi connectivity index (χ1) is 14.9. The van der Waals surface area contributed by atoms with E-state index in [1.807, 2.05) is 30.3 Å². The highest BCUT2D eigenvalue weighted by molar-refractivity contribution is 7.89. The van der Waals surface area contributed by atoms with Crippen LogP contribution in [0.1, 0.15) is 11.3 Å². The minimum absolute atomic E-state index is 0.0279. The van der Waals surface area contributed by atoms with Gasteiger partial charge in [0.2, 0.25) is 15.9 Å². The molecule has 2 aromatic carbocycles. The van der Waals surface area contributed by atoms with E-state index in [4.69, 9.17) is 14.0 Å². The fourth-order valence-corrected chi connectivity index (χ4v) is 4.33. The molecule has 1 aliphatic heterocycles. The zero-order valence-corrected chi connectivity index (χ0v) is 17.5. The Morgan fingerprint density at radius 1 is 1.06 bits per heavy atom. The highest BCUT2D eigenvalue weighted by atomic mass is 32.2. The Kier molecular flexibility index (Phi) is 5.92. The lowest BCUT2D eigenvalue weighted by Gasteiger charge is -2.21. The van der Waals surface area contributed by atoms with E-state index in [2.05, 4.69) is 15.2 Å². The summed E-state index contributed by atoms with van der Waals surface area (Å²) in [6.45, 7) is 2.42. The number of sulfonamides is 1. The maximum atomic E-state index is 13.1. The average Bonchev–Trinajstić information content (AvgIpc) is 3.18. The molecule has 0 spiro atoms. The molecule has 0 bridgehead atoms. The van der Waals surface area contributed by atoms with Crippen molar-refractivity contribution < 1.29 is 27.2 Å². The van der Waals surface area contributed by atoms with Gasteiger partial charge < -0.3 is 19.3 Å². The summed E-state index contributed by atoms with van der Waals surface area (Å²) in [6, 6.07) is 13.9. The number of fused-ring (bicyclic) bond motifs is 1. The monoisotopic (exact) mass is 443 g/mol. The summed E-state index contributed by atoms with van der Waals surface area (Å²) in [7, 11) is -4.04. The Morgan fingerprint density at radius 3 is 2.52 bits per heavy atom. The highest BCUT2D eigenvalue weighted by Crippen LogP contribution is 2.32. The number of rotatable bonds is 7. The highest BCUT2D eigenvalue weighted by Gasteiger charge is 2.28. The lowest BCUT2D eigenvalue weighted by atomic mass is 10.1. The Morgan fingerprint density at radius 2 is 1.81 bits per heavy atom. The second-order valence-electron chi connectivity index (χ2n) is 6.98. The van der Waals surface area contributed by atoms with Crippen LogP contribution in [0.15, 0.2) is 64.0 Å². The fraction of sp³-hybridized carbons (Fsp3) is 0.238. The molecule has 1 unspecified atom stereocenters. The summed E-state index contributed by atoms with van der Waals surface area (Å²) in [4.78, 5) is 12.9.